The Hall–Kier alpha value is -2.02. The third kappa shape index (κ3) is 3.24. The largest absolute Gasteiger partial charge is 0.417 e. The van der Waals surface area contributed by atoms with Gasteiger partial charge in [-0.2, -0.15) is 26.3 Å². The highest BCUT2D eigenvalue weighted by molar-refractivity contribution is 5.69. The Bertz CT molecular complexity index is 672. The van der Waals surface area contributed by atoms with Gasteiger partial charge in [0.05, 0.1) is 17.7 Å². The first-order valence-corrected chi connectivity index (χ1v) is 6.12. The minimum absolute atomic E-state index is 0.211. The van der Waals surface area contributed by atoms with Crippen LogP contribution in [-0.4, -0.2) is 5.11 Å². The van der Waals surface area contributed by atoms with Gasteiger partial charge in [0, 0.05) is 0 Å². The lowest BCUT2D eigenvalue weighted by molar-refractivity contribution is -0.138. The molecule has 2 aromatic rings. The van der Waals surface area contributed by atoms with Gasteiger partial charge in [-0.05, 0) is 28.8 Å². The van der Waals surface area contributed by atoms with Crippen LogP contribution >= 0.6 is 0 Å². The van der Waals surface area contributed by atoms with Crippen molar-refractivity contribution in [2.45, 2.75) is 19.0 Å². The lowest BCUT2D eigenvalue weighted by atomic mass is 9.95. The molecule has 0 unspecified atom stereocenters. The summed E-state index contributed by atoms with van der Waals surface area (Å²) >= 11 is 0. The second-order valence-electron chi connectivity index (χ2n) is 4.57. The van der Waals surface area contributed by atoms with E-state index in [1.807, 2.05) is 0 Å². The number of rotatable bonds is 2. The number of aliphatic hydroxyl groups is 1. The maximum absolute atomic E-state index is 13.0. The van der Waals surface area contributed by atoms with E-state index in [0.717, 1.165) is 24.3 Å². The van der Waals surface area contributed by atoms with Crippen molar-refractivity contribution in [3.05, 3.63) is 59.2 Å². The minimum Gasteiger partial charge on any atom is -0.392 e. The summed E-state index contributed by atoms with van der Waals surface area (Å²) in [6.07, 6.45) is -9.44. The van der Waals surface area contributed by atoms with Gasteiger partial charge in [0.2, 0.25) is 0 Å². The first-order chi connectivity index (χ1) is 10.1. The van der Waals surface area contributed by atoms with Crippen molar-refractivity contribution in [3.63, 3.8) is 0 Å². The third-order valence-corrected chi connectivity index (χ3v) is 3.13. The molecular formula is C15H10F6O. The van der Waals surface area contributed by atoms with Crippen molar-refractivity contribution in [1.29, 1.82) is 0 Å². The molecule has 1 N–H and O–H groups in total. The Balaban J connectivity index is 2.65. The number of benzene rings is 2. The van der Waals surface area contributed by atoms with Crippen LogP contribution in [0.2, 0.25) is 0 Å². The van der Waals surface area contributed by atoms with Crippen LogP contribution in [0.15, 0.2) is 42.5 Å². The van der Waals surface area contributed by atoms with E-state index in [1.54, 1.807) is 0 Å². The van der Waals surface area contributed by atoms with Crippen LogP contribution < -0.4 is 0 Å². The summed E-state index contributed by atoms with van der Waals surface area (Å²) in [7, 11) is 0. The minimum atomic E-state index is -4.76. The summed E-state index contributed by atoms with van der Waals surface area (Å²) in [6.45, 7) is -0.851. The molecule has 118 valence electrons. The van der Waals surface area contributed by atoms with E-state index in [1.165, 1.54) is 12.1 Å². The number of alkyl halides is 6. The van der Waals surface area contributed by atoms with Gasteiger partial charge in [0.25, 0.3) is 0 Å². The van der Waals surface area contributed by atoms with E-state index < -0.39 is 30.1 Å². The molecule has 0 aliphatic heterocycles. The molecule has 0 aliphatic rings. The van der Waals surface area contributed by atoms with Gasteiger partial charge in [-0.1, -0.05) is 30.3 Å². The summed E-state index contributed by atoms with van der Waals surface area (Å²) in [4.78, 5) is 0. The van der Waals surface area contributed by atoms with Gasteiger partial charge in [-0.15, -0.1) is 0 Å². The van der Waals surface area contributed by atoms with Crippen LogP contribution in [0.25, 0.3) is 11.1 Å². The first-order valence-electron chi connectivity index (χ1n) is 6.12. The van der Waals surface area contributed by atoms with E-state index in [2.05, 4.69) is 0 Å². The van der Waals surface area contributed by atoms with Crippen LogP contribution in [0, 0.1) is 0 Å². The highest BCUT2D eigenvalue weighted by Gasteiger charge is 2.36. The topological polar surface area (TPSA) is 20.2 Å². The van der Waals surface area contributed by atoms with Gasteiger partial charge < -0.3 is 5.11 Å². The smallest absolute Gasteiger partial charge is 0.392 e. The molecule has 0 saturated carbocycles. The summed E-state index contributed by atoms with van der Waals surface area (Å²) in [5.74, 6) is 0. The second-order valence-corrected chi connectivity index (χ2v) is 4.57. The van der Waals surface area contributed by atoms with Crippen molar-refractivity contribution in [1.82, 2.24) is 0 Å². The van der Waals surface area contributed by atoms with Crippen LogP contribution in [0.3, 0.4) is 0 Å². The zero-order chi connectivity index (χ0) is 16.5. The zero-order valence-corrected chi connectivity index (χ0v) is 11.0. The SMILES string of the molecule is OCc1ccc(-c2ccccc2C(F)(F)F)cc1C(F)(F)F. The Morgan fingerprint density at radius 2 is 1.36 bits per heavy atom. The fraction of sp³-hybridized carbons (Fsp3) is 0.200. The van der Waals surface area contributed by atoms with Crippen LogP contribution in [0.5, 0.6) is 0 Å². The molecule has 7 heteroatoms. The Morgan fingerprint density at radius 1 is 0.773 bits per heavy atom. The van der Waals surface area contributed by atoms with Gasteiger partial charge in [-0.3, -0.25) is 0 Å². The molecule has 0 heterocycles. The van der Waals surface area contributed by atoms with E-state index in [0.29, 0.717) is 6.07 Å². The van der Waals surface area contributed by atoms with Crippen molar-refractivity contribution >= 4 is 0 Å². The molecule has 2 aromatic carbocycles. The molecule has 0 aliphatic carbocycles. The summed E-state index contributed by atoms with van der Waals surface area (Å²) in [5.41, 5.74) is -3.10. The van der Waals surface area contributed by atoms with E-state index >= 15 is 0 Å². The standard InChI is InChI=1S/C15H10F6O/c16-14(17,18)12-4-2-1-3-11(12)9-5-6-10(8-22)13(7-9)15(19,20)21/h1-7,22H,8H2. The Kier molecular flexibility index (Phi) is 4.19. The molecule has 0 radical (unpaired) electrons. The maximum atomic E-state index is 13.0. The maximum Gasteiger partial charge on any atom is 0.417 e. The van der Waals surface area contributed by atoms with Crippen LogP contribution in [-0.2, 0) is 19.0 Å². The van der Waals surface area contributed by atoms with Crippen molar-refractivity contribution in [2.75, 3.05) is 0 Å². The van der Waals surface area contributed by atoms with Crippen molar-refractivity contribution in [2.24, 2.45) is 0 Å². The second kappa shape index (κ2) is 5.64. The lowest BCUT2D eigenvalue weighted by Gasteiger charge is -2.16. The molecule has 0 amide bonds. The molecule has 0 bridgehead atoms. The predicted molar refractivity (Wildman–Crippen MR) is 67.8 cm³/mol. The van der Waals surface area contributed by atoms with Gasteiger partial charge in [0.15, 0.2) is 0 Å². The van der Waals surface area contributed by atoms with Crippen molar-refractivity contribution < 1.29 is 31.4 Å². The molecule has 1 nitrogen and oxygen atoms in total. The molecule has 2 rings (SSSR count). The van der Waals surface area contributed by atoms with Gasteiger partial charge >= 0.3 is 12.4 Å². The third-order valence-electron chi connectivity index (χ3n) is 3.13. The van der Waals surface area contributed by atoms with Crippen LogP contribution in [0.1, 0.15) is 16.7 Å². The highest BCUT2D eigenvalue weighted by Crippen LogP contribution is 2.39. The summed E-state index contributed by atoms with van der Waals surface area (Å²) in [5, 5.41) is 8.95. The fourth-order valence-corrected chi connectivity index (χ4v) is 2.13. The molecule has 0 saturated heterocycles. The van der Waals surface area contributed by atoms with Crippen LogP contribution in [0.4, 0.5) is 26.3 Å². The molecule has 0 fully saturated rings. The normalized spacial score (nSPS) is 12.5. The number of aliphatic hydroxyl groups excluding tert-OH is 1. The zero-order valence-electron chi connectivity index (χ0n) is 11.0. The number of halogens is 6. The average molecular weight is 320 g/mol. The van der Waals surface area contributed by atoms with Crippen molar-refractivity contribution in [3.8, 4) is 11.1 Å². The van der Waals surface area contributed by atoms with E-state index in [9.17, 15) is 26.3 Å². The van der Waals surface area contributed by atoms with E-state index in [4.69, 9.17) is 5.11 Å². The van der Waals surface area contributed by atoms with Gasteiger partial charge in [-0.25, -0.2) is 0 Å². The molecular weight excluding hydrogens is 310 g/mol. The first kappa shape index (κ1) is 16.4. The average Bonchev–Trinajstić information content (AvgIpc) is 2.45. The number of hydrogen-bond donors (Lipinski definition) is 1. The molecule has 22 heavy (non-hydrogen) atoms. The Labute approximate surface area is 121 Å². The Morgan fingerprint density at radius 3 is 1.91 bits per heavy atom. The van der Waals surface area contributed by atoms with Gasteiger partial charge in [0.1, 0.15) is 0 Å². The molecule has 0 aromatic heterocycles. The quantitative estimate of drug-likeness (QED) is 0.782. The molecule has 0 spiro atoms. The lowest BCUT2D eigenvalue weighted by Crippen LogP contribution is -2.10. The summed E-state index contributed by atoms with van der Waals surface area (Å²) in [6, 6.07) is 7.13. The highest BCUT2D eigenvalue weighted by atomic mass is 19.4. The predicted octanol–water partition coefficient (Wildman–Crippen LogP) is 4.88. The van der Waals surface area contributed by atoms with E-state index in [-0.39, 0.29) is 16.7 Å². The summed E-state index contributed by atoms with van der Waals surface area (Å²) < 4.78 is 77.7. The monoisotopic (exact) mass is 320 g/mol. The fourth-order valence-electron chi connectivity index (χ4n) is 2.13. The molecule has 0 atom stereocenters. The number of hydrogen-bond acceptors (Lipinski definition) is 1.